The summed E-state index contributed by atoms with van der Waals surface area (Å²) >= 11 is 6.98. The fourth-order valence-electron chi connectivity index (χ4n) is 2.74. The van der Waals surface area contributed by atoms with Crippen LogP contribution in [-0.2, 0) is 11.2 Å². The Kier molecular flexibility index (Phi) is 7.80. The molecule has 0 saturated heterocycles. The number of carbonyl (C=O) groups is 1. The van der Waals surface area contributed by atoms with Gasteiger partial charge in [0.1, 0.15) is 5.00 Å². The van der Waals surface area contributed by atoms with Gasteiger partial charge in [-0.3, -0.25) is 0 Å². The third-order valence-electron chi connectivity index (χ3n) is 4.73. The van der Waals surface area contributed by atoms with Gasteiger partial charge < -0.3 is 15.4 Å². The number of ether oxygens (including phenoxy) is 1. The van der Waals surface area contributed by atoms with E-state index in [9.17, 15) is 4.79 Å². The summed E-state index contributed by atoms with van der Waals surface area (Å²) in [7, 11) is 1.39. The number of carbonyl (C=O) groups excluding carboxylic acids is 1. The fraction of sp³-hybridized carbons (Fsp3) is 0.429. The maximum atomic E-state index is 12.0. The van der Waals surface area contributed by atoms with E-state index in [-0.39, 0.29) is 12.0 Å². The largest absolute Gasteiger partial charge is 0.465 e. The Balaban J connectivity index is 2.05. The maximum Gasteiger partial charge on any atom is 0.340 e. The first-order chi connectivity index (χ1) is 12.9. The molecule has 27 heavy (non-hydrogen) atoms. The average Bonchev–Trinajstić information content (AvgIpc) is 3.09. The number of methoxy groups -OCH3 is 1. The average molecular weight is 405 g/mol. The highest BCUT2D eigenvalue weighted by atomic mass is 32.1. The lowest BCUT2D eigenvalue weighted by Gasteiger charge is -2.18. The summed E-state index contributed by atoms with van der Waals surface area (Å²) in [6.45, 7) is 8.56. The topological polar surface area (TPSA) is 50.4 Å². The molecule has 2 aromatic rings. The fourth-order valence-corrected chi connectivity index (χ4v) is 4.07. The van der Waals surface area contributed by atoms with Crippen LogP contribution in [0.5, 0.6) is 0 Å². The monoisotopic (exact) mass is 404 g/mol. The quantitative estimate of drug-likeness (QED) is 0.461. The molecule has 0 aliphatic heterocycles. The second-order valence-electron chi connectivity index (χ2n) is 6.60. The van der Waals surface area contributed by atoms with Crippen molar-refractivity contribution in [1.29, 1.82) is 0 Å². The smallest absolute Gasteiger partial charge is 0.340 e. The van der Waals surface area contributed by atoms with Crippen molar-refractivity contribution < 1.29 is 9.53 Å². The molecule has 6 heteroatoms. The number of hydrogen-bond donors (Lipinski definition) is 2. The number of thiophene rings is 1. The molecule has 0 aliphatic rings. The Bertz CT molecular complexity index is 784. The summed E-state index contributed by atoms with van der Waals surface area (Å²) in [5, 5.41) is 7.66. The van der Waals surface area contributed by atoms with Gasteiger partial charge in [0.25, 0.3) is 0 Å². The minimum absolute atomic E-state index is 0.0585. The molecule has 0 saturated carbocycles. The molecule has 2 N–H and O–H groups in total. The lowest BCUT2D eigenvalue weighted by Crippen LogP contribution is -2.31. The summed E-state index contributed by atoms with van der Waals surface area (Å²) in [4.78, 5) is 13.1. The Hall–Kier alpha value is -1.92. The molecule has 0 radical (unpaired) electrons. The molecule has 1 heterocycles. The van der Waals surface area contributed by atoms with E-state index >= 15 is 0 Å². The first-order valence-electron chi connectivity index (χ1n) is 9.27. The molecule has 0 amide bonds. The van der Waals surface area contributed by atoms with Gasteiger partial charge in [-0.2, -0.15) is 0 Å². The van der Waals surface area contributed by atoms with Crippen molar-refractivity contribution in [3.63, 3.8) is 0 Å². The number of thiocarbonyl (C=S) groups is 1. The van der Waals surface area contributed by atoms with Gasteiger partial charge in [-0.05, 0) is 55.1 Å². The zero-order valence-electron chi connectivity index (χ0n) is 16.6. The van der Waals surface area contributed by atoms with Crippen molar-refractivity contribution >= 4 is 39.6 Å². The number of anilines is 1. The number of benzene rings is 1. The first kappa shape index (κ1) is 21.4. The molecule has 0 bridgehead atoms. The van der Waals surface area contributed by atoms with Gasteiger partial charge in [-0.25, -0.2) is 4.79 Å². The summed E-state index contributed by atoms with van der Waals surface area (Å²) in [6, 6.07) is 10.6. The van der Waals surface area contributed by atoms with E-state index in [1.165, 1.54) is 29.6 Å². The number of esters is 1. The molecule has 0 spiro atoms. The maximum absolute atomic E-state index is 12.0. The second-order valence-corrected chi connectivity index (χ2v) is 8.14. The summed E-state index contributed by atoms with van der Waals surface area (Å²) in [5.41, 5.74) is 3.04. The Morgan fingerprint density at radius 2 is 1.81 bits per heavy atom. The zero-order chi connectivity index (χ0) is 20.0. The van der Waals surface area contributed by atoms with Gasteiger partial charge in [0.2, 0.25) is 0 Å². The molecule has 2 unspecified atom stereocenters. The van der Waals surface area contributed by atoms with E-state index in [1.807, 2.05) is 6.07 Å². The molecule has 1 aromatic heterocycles. The van der Waals surface area contributed by atoms with Gasteiger partial charge in [-0.1, -0.05) is 45.0 Å². The van der Waals surface area contributed by atoms with Crippen molar-refractivity contribution in [3.8, 4) is 0 Å². The van der Waals surface area contributed by atoms with Gasteiger partial charge >= 0.3 is 5.97 Å². The molecule has 1 aromatic carbocycles. The molecule has 2 rings (SSSR count). The van der Waals surface area contributed by atoms with E-state index in [2.05, 4.69) is 62.6 Å². The van der Waals surface area contributed by atoms with Gasteiger partial charge in [0, 0.05) is 4.88 Å². The SMILES string of the molecule is CCc1cc(C(=O)OC)c(NC(=S)NC(C)c2ccc(C(C)CC)cc2)s1. The number of nitrogens with one attached hydrogen (secondary N) is 2. The lowest BCUT2D eigenvalue weighted by atomic mass is 9.96. The van der Waals surface area contributed by atoms with Gasteiger partial charge in [-0.15, -0.1) is 11.3 Å². The normalized spacial score (nSPS) is 12.9. The van der Waals surface area contributed by atoms with E-state index in [4.69, 9.17) is 17.0 Å². The molecular weight excluding hydrogens is 376 g/mol. The van der Waals surface area contributed by atoms with Crippen LogP contribution in [0.15, 0.2) is 30.3 Å². The van der Waals surface area contributed by atoms with E-state index in [0.29, 0.717) is 16.6 Å². The molecule has 146 valence electrons. The summed E-state index contributed by atoms with van der Waals surface area (Å²) in [6.07, 6.45) is 1.99. The highest BCUT2D eigenvalue weighted by Gasteiger charge is 2.18. The van der Waals surface area contributed by atoms with Crippen molar-refractivity contribution in [2.45, 2.75) is 52.5 Å². The molecule has 0 fully saturated rings. The summed E-state index contributed by atoms with van der Waals surface area (Å²) < 4.78 is 4.87. The van der Waals surface area contributed by atoms with Crippen molar-refractivity contribution in [1.82, 2.24) is 5.32 Å². The van der Waals surface area contributed by atoms with E-state index in [1.54, 1.807) is 0 Å². The standard InChI is InChI=1S/C21H28N2O2S2/c1-6-13(3)15-8-10-16(11-9-15)14(4)22-21(26)23-19-18(20(24)25-5)12-17(7-2)27-19/h8-14H,6-7H2,1-5H3,(H2,22,23,26). The molecular formula is C21H28N2O2S2. The van der Waals surface area contributed by atoms with Crippen LogP contribution in [0.3, 0.4) is 0 Å². The first-order valence-corrected chi connectivity index (χ1v) is 10.5. The molecule has 2 atom stereocenters. The van der Waals surface area contributed by atoms with Crippen molar-refractivity contribution in [2.24, 2.45) is 0 Å². The van der Waals surface area contributed by atoms with Crippen molar-refractivity contribution in [2.75, 3.05) is 12.4 Å². The highest BCUT2D eigenvalue weighted by molar-refractivity contribution is 7.80. The van der Waals surface area contributed by atoms with Crippen LogP contribution >= 0.6 is 23.6 Å². The number of aryl methyl sites for hydroxylation is 1. The predicted molar refractivity (Wildman–Crippen MR) is 118 cm³/mol. The highest BCUT2D eigenvalue weighted by Crippen LogP contribution is 2.29. The van der Waals surface area contributed by atoms with Crippen LogP contribution in [0.2, 0.25) is 0 Å². The Labute approximate surface area is 171 Å². The van der Waals surface area contributed by atoms with Crippen LogP contribution in [-0.4, -0.2) is 18.2 Å². The van der Waals surface area contributed by atoms with Crippen LogP contribution in [0.4, 0.5) is 5.00 Å². The lowest BCUT2D eigenvalue weighted by molar-refractivity contribution is 0.0602. The van der Waals surface area contributed by atoms with Crippen LogP contribution in [0.25, 0.3) is 0 Å². The number of hydrogen-bond acceptors (Lipinski definition) is 4. The summed E-state index contributed by atoms with van der Waals surface area (Å²) in [5.74, 6) is 0.207. The van der Waals surface area contributed by atoms with Gasteiger partial charge in [0.05, 0.1) is 18.7 Å². The molecule has 4 nitrogen and oxygen atoms in total. The third kappa shape index (κ3) is 5.53. The van der Waals surface area contributed by atoms with Gasteiger partial charge in [0.15, 0.2) is 5.11 Å². The molecule has 0 aliphatic carbocycles. The van der Waals surface area contributed by atoms with Crippen LogP contribution in [0.1, 0.15) is 72.4 Å². The predicted octanol–water partition coefficient (Wildman–Crippen LogP) is 5.66. The van der Waals surface area contributed by atoms with Crippen LogP contribution < -0.4 is 10.6 Å². The van der Waals surface area contributed by atoms with Crippen molar-refractivity contribution in [3.05, 3.63) is 51.9 Å². The van der Waals surface area contributed by atoms with E-state index < -0.39 is 0 Å². The van der Waals surface area contributed by atoms with Crippen LogP contribution in [0, 0.1) is 0 Å². The third-order valence-corrected chi connectivity index (χ3v) is 6.14. The Morgan fingerprint density at radius 1 is 1.19 bits per heavy atom. The minimum atomic E-state index is -0.357. The van der Waals surface area contributed by atoms with E-state index in [0.717, 1.165) is 22.7 Å². The zero-order valence-corrected chi connectivity index (χ0v) is 18.2. The number of rotatable bonds is 7. The Morgan fingerprint density at radius 3 is 2.37 bits per heavy atom. The second kappa shape index (κ2) is 9.85. The minimum Gasteiger partial charge on any atom is -0.465 e.